The van der Waals surface area contributed by atoms with Gasteiger partial charge in [-0.15, -0.1) is 23.7 Å². The number of nitrogens with zero attached hydrogens (tertiary/aromatic N) is 3. The molecule has 2 aromatic rings. The van der Waals surface area contributed by atoms with E-state index in [0.717, 1.165) is 25.5 Å². The van der Waals surface area contributed by atoms with Crippen molar-refractivity contribution in [3.63, 3.8) is 0 Å². The summed E-state index contributed by atoms with van der Waals surface area (Å²) in [5, 5.41) is 0. The summed E-state index contributed by atoms with van der Waals surface area (Å²) in [6.45, 7) is 2.98. The highest BCUT2D eigenvalue weighted by Crippen LogP contribution is 2.22. The van der Waals surface area contributed by atoms with E-state index < -0.39 is 0 Å². The molecular weight excluding hydrogens is 358 g/mol. The first-order valence-corrected chi connectivity index (χ1v) is 7.81. The van der Waals surface area contributed by atoms with Crippen LogP contribution in [0.25, 0.3) is 0 Å². The number of pyridine rings is 1. The lowest BCUT2D eigenvalue weighted by molar-refractivity contribution is 0.337. The van der Waals surface area contributed by atoms with Gasteiger partial charge in [0.2, 0.25) is 0 Å². The second kappa shape index (κ2) is 8.62. The molecular formula is C14H19BrClN3S. The molecule has 110 valence electrons. The highest BCUT2D eigenvalue weighted by Gasteiger charge is 2.06. The summed E-state index contributed by atoms with van der Waals surface area (Å²) >= 11 is 5.29. The minimum Gasteiger partial charge on any atom is -0.358 e. The molecule has 3 nitrogen and oxygen atoms in total. The lowest BCUT2D eigenvalue weighted by atomic mass is 10.4. The van der Waals surface area contributed by atoms with Gasteiger partial charge in [-0.2, -0.15) is 0 Å². The van der Waals surface area contributed by atoms with Crippen LogP contribution in [0.3, 0.4) is 0 Å². The molecule has 0 atom stereocenters. The fraction of sp³-hybridized carbons (Fsp3) is 0.357. The van der Waals surface area contributed by atoms with Gasteiger partial charge in [-0.05, 0) is 47.2 Å². The molecule has 0 unspecified atom stereocenters. The summed E-state index contributed by atoms with van der Waals surface area (Å²) in [4.78, 5) is 10.2. The second-order valence-electron chi connectivity index (χ2n) is 4.55. The molecule has 0 amide bonds. The van der Waals surface area contributed by atoms with Crippen LogP contribution in [-0.4, -0.2) is 37.1 Å². The number of aromatic nitrogens is 1. The van der Waals surface area contributed by atoms with Gasteiger partial charge in [0.25, 0.3) is 0 Å². The Bertz CT molecular complexity index is 506. The molecule has 0 fully saturated rings. The summed E-state index contributed by atoms with van der Waals surface area (Å²) in [5.41, 5.74) is 0. The van der Waals surface area contributed by atoms with Crippen molar-refractivity contribution in [1.29, 1.82) is 0 Å². The topological polar surface area (TPSA) is 19.4 Å². The summed E-state index contributed by atoms with van der Waals surface area (Å²) in [6.07, 6.45) is 1.83. The maximum absolute atomic E-state index is 4.35. The fourth-order valence-corrected chi connectivity index (χ4v) is 3.36. The molecule has 0 radical (unpaired) electrons. The van der Waals surface area contributed by atoms with E-state index in [0.29, 0.717) is 0 Å². The Morgan fingerprint density at radius 1 is 1.15 bits per heavy atom. The van der Waals surface area contributed by atoms with E-state index in [4.69, 9.17) is 0 Å². The van der Waals surface area contributed by atoms with Crippen LogP contribution in [-0.2, 0) is 6.54 Å². The lowest BCUT2D eigenvalue weighted by Gasteiger charge is -2.22. The predicted octanol–water partition coefficient (Wildman–Crippen LogP) is 3.90. The van der Waals surface area contributed by atoms with Crippen molar-refractivity contribution in [2.24, 2.45) is 0 Å². The molecule has 20 heavy (non-hydrogen) atoms. The number of anilines is 1. The Kier molecular flexibility index (Phi) is 7.51. The highest BCUT2D eigenvalue weighted by atomic mass is 79.9. The zero-order valence-electron chi connectivity index (χ0n) is 11.6. The first-order chi connectivity index (χ1) is 9.15. The average Bonchev–Trinajstić information content (AvgIpc) is 2.82. The summed E-state index contributed by atoms with van der Waals surface area (Å²) in [7, 11) is 4.23. The van der Waals surface area contributed by atoms with Crippen molar-refractivity contribution in [3.05, 3.63) is 45.2 Å². The van der Waals surface area contributed by atoms with E-state index in [1.165, 1.54) is 8.66 Å². The maximum atomic E-state index is 4.35. The van der Waals surface area contributed by atoms with E-state index in [2.05, 4.69) is 56.9 Å². The highest BCUT2D eigenvalue weighted by molar-refractivity contribution is 9.11. The van der Waals surface area contributed by atoms with E-state index in [-0.39, 0.29) is 12.4 Å². The van der Waals surface area contributed by atoms with Crippen molar-refractivity contribution in [2.45, 2.75) is 6.54 Å². The third-order valence-corrected chi connectivity index (χ3v) is 4.52. The Morgan fingerprint density at radius 2 is 1.95 bits per heavy atom. The van der Waals surface area contributed by atoms with Crippen molar-refractivity contribution < 1.29 is 0 Å². The molecule has 0 bridgehead atoms. The third kappa shape index (κ3) is 5.40. The van der Waals surface area contributed by atoms with Gasteiger partial charge in [0.05, 0.1) is 3.79 Å². The van der Waals surface area contributed by atoms with Crippen LogP contribution in [0, 0.1) is 0 Å². The van der Waals surface area contributed by atoms with Crippen LogP contribution in [0.1, 0.15) is 4.88 Å². The SMILES string of the molecule is CN(CCN(C)c1ccccn1)Cc1ccc(Br)s1.Cl. The van der Waals surface area contributed by atoms with Crippen molar-refractivity contribution in [2.75, 3.05) is 32.1 Å². The minimum absolute atomic E-state index is 0. The summed E-state index contributed by atoms with van der Waals surface area (Å²) in [6, 6.07) is 10.3. The van der Waals surface area contributed by atoms with Crippen LogP contribution in [0.5, 0.6) is 0 Å². The van der Waals surface area contributed by atoms with Gasteiger partial charge in [0.15, 0.2) is 0 Å². The number of hydrogen-bond acceptors (Lipinski definition) is 4. The third-order valence-electron chi connectivity index (χ3n) is 2.91. The fourth-order valence-electron chi connectivity index (χ4n) is 1.80. The smallest absolute Gasteiger partial charge is 0.128 e. The molecule has 0 aliphatic rings. The van der Waals surface area contributed by atoms with Crippen LogP contribution in [0.2, 0.25) is 0 Å². The lowest BCUT2D eigenvalue weighted by Crippen LogP contribution is -2.30. The molecule has 0 spiro atoms. The first-order valence-electron chi connectivity index (χ1n) is 6.20. The number of hydrogen-bond donors (Lipinski definition) is 0. The zero-order valence-corrected chi connectivity index (χ0v) is 14.8. The monoisotopic (exact) mass is 375 g/mol. The zero-order chi connectivity index (χ0) is 13.7. The number of halogens is 2. The van der Waals surface area contributed by atoms with E-state index in [9.17, 15) is 0 Å². The first kappa shape index (κ1) is 17.4. The Balaban J connectivity index is 0.00000200. The minimum atomic E-state index is 0. The van der Waals surface area contributed by atoms with Crippen molar-refractivity contribution in [3.8, 4) is 0 Å². The molecule has 6 heteroatoms. The molecule has 2 aromatic heterocycles. The van der Waals surface area contributed by atoms with Crippen LogP contribution in [0.15, 0.2) is 40.3 Å². The van der Waals surface area contributed by atoms with E-state index in [1.807, 2.05) is 24.4 Å². The number of thiophene rings is 1. The molecule has 0 saturated carbocycles. The van der Waals surface area contributed by atoms with Gasteiger partial charge >= 0.3 is 0 Å². The average molecular weight is 377 g/mol. The van der Waals surface area contributed by atoms with Gasteiger partial charge in [0, 0.05) is 37.8 Å². The maximum Gasteiger partial charge on any atom is 0.128 e. The van der Waals surface area contributed by atoms with Crippen molar-refractivity contribution in [1.82, 2.24) is 9.88 Å². The van der Waals surface area contributed by atoms with E-state index in [1.54, 1.807) is 11.3 Å². The summed E-state index contributed by atoms with van der Waals surface area (Å²) in [5.74, 6) is 1.02. The Hall–Kier alpha value is -0.620. The quantitative estimate of drug-likeness (QED) is 0.762. The van der Waals surface area contributed by atoms with Crippen LogP contribution in [0.4, 0.5) is 5.82 Å². The van der Waals surface area contributed by atoms with Crippen LogP contribution >= 0.6 is 39.7 Å². The number of likely N-dealkylation sites (N-methyl/N-ethyl adjacent to an activating group) is 2. The Morgan fingerprint density at radius 3 is 2.55 bits per heavy atom. The summed E-state index contributed by atoms with van der Waals surface area (Å²) < 4.78 is 1.20. The molecule has 2 heterocycles. The molecule has 0 saturated heterocycles. The second-order valence-corrected chi connectivity index (χ2v) is 7.10. The molecule has 0 aromatic carbocycles. The number of rotatable bonds is 6. The molecule has 0 aliphatic carbocycles. The van der Waals surface area contributed by atoms with Crippen molar-refractivity contribution >= 4 is 45.5 Å². The van der Waals surface area contributed by atoms with Gasteiger partial charge in [-0.25, -0.2) is 4.98 Å². The Labute approximate surface area is 139 Å². The largest absolute Gasteiger partial charge is 0.358 e. The van der Waals surface area contributed by atoms with Gasteiger partial charge in [-0.1, -0.05) is 6.07 Å². The van der Waals surface area contributed by atoms with E-state index >= 15 is 0 Å². The van der Waals surface area contributed by atoms with Gasteiger partial charge in [-0.3, -0.25) is 4.90 Å². The van der Waals surface area contributed by atoms with Crippen LogP contribution < -0.4 is 4.90 Å². The molecule has 0 aliphatic heterocycles. The van der Waals surface area contributed by atoms with Gasteiger partial charge in [0.1, 0.15) is 5.82 Å². The standard InChI is InChI=1S/C14H18BrN3S.ClH/c1-17(11-12-6-7-13(15)19-12)9-10-18(2)14-5-3-4-8-16-14;/h3-8H,9-11H2,1-2H3;1H. The molecule has 0 N–H and O–H groups in total. The predicted molar refractivity (Wildman–Crippen MR) is 93.1 cm³/mol. The normalized spacial score (nSPS) is 10.4. The van der Waals surface area contributed by atoms with Gasteiger partial charge < -0.3 is 4.90 Å². The molecule has 2 rings (SSSR count).